The van der Waals surface area contributed by atoms with Gasteiger partial charge in [0.1, 0.15) is 0 Å². The van der Waals surface area contributed by atoms with Crippen molar-refractivity contribution < 1.29 is 9.90 Å². The van der Waals surface area contributed by atoms with E-state index in [0.717, 1.165) is 45.1 Å². The van der Waals surface area contributed by atoms with Gasteiger partial charge < -0.3 is 10.4 Å². The van der Waals surface area contributed by atoms with E-state index >= 15 is 0 Å². The zero-order chi connectivity index (χ0) is 15.2. The summed E-state index contributed by atoms with van der Waals surface area (Å²) in [6, 6.07) is 2.24. The number of thiophene rings is 1. The number of amides is 1. The van der Waals surface area contributed by atoms with Gasteiger partial charge in [-0.2, -0.15) is 0 Å². The third-order valence-electron chi connectivity index (χ3n) is 4.34. The molecule has 1 aromatic heterocycles. The fourth-order valence-corrected chi connectivity index (χ4v) is 4.14. The van der Waals surface area contributed by atoms with E-state index < -0.39 is 0 Å². The molecule has 1 saturated carbocycles. The van der Waals surface area contributed by atoms with Crippen LogP contribution in [0.25, 0.3) is 0 Å². The maximum absolute atomic E-state index is 11.9. The fourth-order valence-electron chi connectivity index (χ4n) is 3.17. The maximum Gasteiger partial charge on any atom is 0.220 e. The number of hydrogen-bond acceptors (Lipinski definition) is 3. The van der Waals surface area contributed by atoms with Crippen molar-refractivity contribution in [3.63, 3.8) is 0 Å². The van der Waals surface area contributed by atoms with Crippen molar-refractivity contribution in [3.8, 4) is 0 Å². The highest BCUT2D eigenvalue weighted by molar-refractivity contribution is 7.12. The first kappa shape index (κ1) is 16.5. The van der Waals surface area contributed by atoms with Crippen LogP contribution < -0.4 is 5.32 Å². The van der Waals surface area contributed by atoms with E-state index in [0.29, 0.717) is 12.3 Å². The van der Waals surface area contributed by atoms with Gasteiger partial charge in [0.05, 0.1) is 6.10 Å². The molecule has 1 aromatic rings. The van der Waals surface area contributed by atoms with Crippen LogP contribution >= 0.6 is 11.3 Å². The molecule has 21 heavy (non-hydrogen) atoms. The molecule has 3 nitrogen and oxygen atoms in total. The number of aryl methyl sites for hydroxylation is 3. The van der Waals surface area contributed by atoms with Crippen LogP contribution in [0.4, 0.5) is 0 Å². The molecule has 0 aliphatic heterocycles. The zero-order valence-corrected chi connectivity index (χ0v) is 14.0. The fraction of sp³-hybridized carbons (Fsp3) is 0.706. The van der Waals surface area contributed by atoms with Gasteiger partial charge in [-0.15, -0.1) is 11.3 Å². The molecule has 4 heteroatoms. The minimum Gasteiger partial charge on any atom is -0.393 e. The van der Waals surface area contributed by atoms with Crippen LogP contribution in [0.1, 0.15) is 53.8 Å². The lowest BCUT2D eigenvalue weighted by molar-refractivity contribution is -0.121. The minimum absolute atomic E-state index is 0.152. The molecule has 0 saturated heterocycles. The number of rotatable bonds is 6. The van der Waals surface area contributed by atoms with Crippen LogP contribution in [0.15, 0.2) is 6.07 Å². The minimum atomic E-state index is -0.162. The molecule has 0 aromatic carbocycles. The summed E-state index contributed by atoms with van der Waals surface area (Å²) in [6.45, 7) is 5.01. The van der Waals surface area contributed by atoms with Crippen LogP contribution in [0, 0.1) is 19.8 Å². The molecule has 118 valence electrons. The van der Waals surface area contributed by atoms with E-state index in [2.05, 4.69) is 25.2 Å². The number of carbonyl (C=O) groups is 1. The standard InChI is InChI=1S/C17H27NO2S/c1-12-9-15(13(2)21-12)6-4-8-17(20)18-11-14-5-3-7-16(19)10-14/h9,14,16,19H,3-8,10-11H2,1-2H3,(H,18,20). The molecule has 0 bridgehead atoms. The topological polar surface area (TPSA) is 49.3 Å². The molecular formula is C17H27NO2S. The van der Waals surface area contributed by atoms with Gasteiger partial charge in [-0.3, -0.25) is 4.79 Å². The van der Waals surface area contributed by atoms with E-state index in [1.807, 2.05) is 11.3 Å². The lowest BCUT2D eigenvalue weighted by atomic mass is 9.87. The van der Waals surface area contributed by atoms with Crippen molar-refractivity contribution in [2.75, 3.05) is 6.54 Å². The number of aliphatic hydroxyl groups excluding tert-OH is 1. The second-order valence-corrected chi connectivity index (χ2v) is 7.74. The van der Waals surface area contributed by atoms with E-state index in [9.17, 15) is 9.90 Å². The van der Waals surface area contributed by atoms with Gasteiger partial charge in [0.2, 0.25) is 5.91 Å². The summed E-state index contributed by atoms with van der Waals surface area (Å²) >= 11 is 1.83. The average molecular weight is 309 g/mol. The van der Waals surface area contributed by atoms with Gasteiger partial charge in [-0.1, -0.05) is 6.42 Å². The van der Waals surface area contributed by atoms with Gasteiger partial charge in [-0.25, -0.2) is 0 Å². The van der Waals surface area contributed by atoms with Crippen molar-refractivity contribution in [2.24, 2.45) is 5.92 Å². The second-order valence-electron chi connectivity index (χ2n) is 6.28. The highest BCUT2D eigenvalue weighted by Gasteiger charge is 2.20. The van der Waals surface area contributed by atoms with Gasteiger partial charge >= 0.3 is 0 Å². The Hall–Kier alpha value is -0.870. The molecule has 2 atom stereocenters. The first-order valence-electron chi connectivity index (χ1n) is 8.05. The summed E-state index contributed by atoms with van der Waals surface area (Å²) in [6.07, 6.45) is 6.32. The lowest BCUT2D eigenvalue weighted by Gasteiger charge is -2.25. The zero-order valence-electron chi connectivity index (χ0n) is 13.2. The smallest absolute Gasteiger partial charge is 0.220 e. The van der Waals surface area contributed by atoms with Crippen molar-refractivity contribution in [2.45, 2.75) is 64.9 Å². The Kier molecular flexibility index (Phi) is 6.24. The van der Waals surface area contributed by atoms with Gasteiger partial charge in [-0.05, 0) is 63.5 Å². The van der Waals surface area contributed by atoms with Crippen molar-refractivity contribution in [3.05, 3.63) is 21.4 Å². The molecule has 1 aliphatic rings. The van der Waals surface area contributed by atoms with Crippen LogP contribution in [0.5, 0.6) is 0 Å². The monoisotopic (exact) mass is 309 g/mol. The normalized spacial score (nSPS) is 22.2. The van der Waals surface area contributed by atoms with E-state index in [-0.39, 0.29) is 12.0 Å². The van der Waals surface area contributed by atoms with E-state index in [1.54, 1.807) is 0 Å². The summed E-state index contributed by atoms with van der Waals surface area (Å²) in [5, 5.41) is 12.7. The average Bonchev–Trinajstić information content (AvgIpc) is 2.75. The van der Waals surface area contributed by atoms with Crippen molar-refractivity contribution in [1.82, 2.24) is 5.32 Å². The number of nitrogens with one attached hydrogen (secondary N) is 1. The van der Waals surface area contributed by atoms with Crippen molar-refractivity contribution >= 4 is 17.2 Å². The summed E-state index contributed by atoms with van der Waals surface area (Å²) in [4.78, 5) is 14.6. The molecule has 1 fully saturated rings. The number of carbonyl (C=O) groups excluding carboxylic acids is 1. The Balaban J connectivity index is 1.62. The highest BCUT2D eigenvalue weighted by Crippen LogP contribution is 2.24. The molecule has 2 unspecified atom stereocenters. The first-order valence-corrected chi connectivity index (χ1v) is 8.87. The first-order chi connectivity index (χ1) is 10.0. The predicted octanol–water partition coefficient (Wildman–Crippen LogP) is 3.35. The van der Waals surface area contributed by atoms with E-state index in [1.165, 1.54) is 15.3 Å². The summed E-state index contributed by atoms with van der Waals surface area (Å²) in [5.41, 5.74) is 1.39. The Morgan fingerprint density at radius 3 is 2.90 bits per heavy atom. The Labute approximate surface area is 131 Å². The van der Waals surface area contributed by atoms with Crippen LogP contribution in [-0.2, 0) is 11.2 Å². The second kappa shape index (κ2) is 7.95. The number of aliphatic hydroxyl groups is 1. The molecule has 1 amide bonds. The lowest BCUT2D eigenvalue weighted by Crippen LogP contribution is -2.32. The number of hydrogen-bond donors (Lipinski definition) is 2. The summed E-state index contributed by atoms with van der Waals surface area (Å²) in [7, 11) is 0. The molecular weight excluding hydrogens is 282 g/mol. The quantitative estimate of drug-likeness (QED) is 0.846. The van der Waals surface area contributed by atoms with Crippen LogP contribution in [-0.4, -0.2) is 23.7 Å². The molecule has 2 N–H and O–H groups in total. The SMILES string of the molecule is Cc1cc(CCCC(=O)NCC2CCCC(O)C2)c(C)s1. The Morgan fingerprint density at radius 2 is 2.24 bits per heavy atom. The third kappa shape index (κ3) is 5.44. The van der Waals surface area contributed by atoms with Crippen molar-refractivity contribution in [1.29, 1.82) is 0 Å². The Morgan fingerprint density at radius 1 is 1.43 bits per heavy atom. The van der Waals surface area contributed by atoms with Gasteiger partial charge in [0.15, 0.2) is 0 Å². The summed E-state index contributed by atoms with van der Waals surface area (Å²) < 4.78 is 0. The molecule has 0 radical (unpaired) electrons. The maximum atomic E-state index is 11.9. The molecule has 0 spiro atoms. The molecule has 2 rings (SSSR count). The Bertz CT molecular complexity index is 469. The molecule has 1 heterocycles. The van der Waals surface area contributed by atoms with Gasteiger partial charge in [0.25, 0.3) is 0 Å². The van der Waals surface area contributed by atoms with Crippen LogP contribution in [0.3, 0.4) is 0 Å². The van der Waals surface area contributed by atoms with E-state index in [4.69, 9.17) is 0 Å². The predicted molar refractivity (Wildman–Crippen MR) is 87.7 cm³/mol. The third-order valence-corrected chi connectivity index (χ3v) is 5.34. The summed E-state index contributed by atoms with van der Waals surface area (Å²) in [5.74, 6) is 0.610. The highest BCUT2D eigenvalue weighted by atomic mass is 32.1. The molecule has 1 aliphatic carbocycles. The largest absolute Gasteiger partial charge is 0.393 e. The van der Waals surface area contributed by atoms with Crippen LogP contribution in [0.2, 0.25) is 0 Å². The van der Waals surface area contributed by atoms with Gasteiger partial charge in [0, 0.05) is 22.7 Å².